The summed E-state index contributed by atoms with van der Waals surface area (Å²) >= 11 is 0. The molecule has 0 radical (unpaired) electrons. The lowest BCUT2D eigenvalue weighted by Crippen LogP contribution is -2.45. The predicted octanol–water partition coefficient (Wildman–Crippen LogP) is 2.43. The topological polar surface area (TPSA) is 40.5 Å². The van der Waals surface area contributed by atoms with Crippen LogP contribution < -0.4 is 4.90 Å². The normalized spacial score (nSPS) is 22.6. The SMILES string of the molecule is Cc1ccc(N2C(=O)CC(CO)C2(C)C)c(C)c1. The van der Waals surface area contributed by atoms with Gasteiger partial charge in [-0.1, -0.05) is 17.7 Å². The number of carbonyl (C=O) groups excluding carboxylic acids is 1. The van der Waals surface area contributed by atoms with Gasteiger partial charge in [0.25, 0.3) is 0 Å². The molecule has 1 N–H and O–H groups in total. The average Bonchev–Trinajstić information content (AvgIpc) is 2.50. The fourth-order valence-electron chi connectivity index (χ4n) is 2.84. The summed E-state index contributed by atoms with van der Waals surface area (Å²) in [6.45, 7) is 8.18. The monoisotopic (exact) mass is 247 g/mol. The van der Waals surface area contributed by atoms with Gasteiger partial charge in [-0.3, -0.25) is 4.79 Å². The van der Waals surface area contributed by atoms with Crippen LogP contribution in [0, 0.1) is 19.8 Å². The van der Waals surface area contributed by atoms with Crippen molar-refractivity contribution in [1.82, 2.24) is 0 Å². The van der Waals surface area contributed by atoms with E-state index in [1.807, 2.05) is 44.7 Å². The van der Waals surface area contributed by atoms with Crippen LogP contribution >= 0.6 is 0 Å². The fraction of sp³-hybridized carbons (Fsp3) is 0.533. The molecule has 1 atom stereocenters. The van der Waals surface area contributed by atoms with Crippen LogP contribution in [0.15, 0.2) is 18.2 Å². The maximum Gasteiger partial charge on any atom is 0.227 e. The smallest absolute Gasteiger partial charge is 0.227 e. The van der Waals surface area contributed by atoms with Crippen LogP contribution in [-0.4, -0.2) is 23.2 Å². The molecule has 0 aliphatic carbocycles. The van der Waals surface area contributed by atoms with Crippen molar-refractivity contribution in [2.75, 3.05) is 11.5 Å². The largest absolute Gasteiger partial charge is 0.396 e. The fourth-order valence-corrected chi connectivity index (χ4v) is 2.84. The number of aliphatic hydroxyl groups excluding tert-OH is 1. The summed E-state index contributed by atoms with van der Waals surface area (Å²) in [7, 11) is 0. The van der Waals surface area contributed by atoms with E-state index in [1.165, 1.54) is 5.56 Å². The summed E-state index contributed by atoms with van der Waals surface area (Å²) in [5, 5.41) is 9.42. The molecule has 3 heteroatoms. The Bertz CT molecular complexity index is 479. The Labute approximate surface area is 108 Å². The number of benzene rings is 1. The molecule has 2 rings (SSSR count). The lowest BCUT2D eigenvalue weighted by molar-refractivity contribution is -0.117. The summed E-state index contributed by atoms with van der Waals surface area (Å²) in [6.07, 6.45) is 0.427. The highest BCUT2D eigenvalue weighted by molar-refractivity contribution is 5.98. The third kappa shape index (κ3) is 1.93. The highest BCUT2D eigenvalue weighted by Gasteiger charge is 2.46. The Morgan fingerprint density at radius 1 is 1.39 bits per heavy atom. The van der Waals surface area contributed by atoms with E-state index in [0.717, 1.165) is 11.3 Å². The third-order valence-electron chi connectivity index (χ3n) is 4.06. The standard InChI is InChI=1S/C15H21NO2/c1-10-5-6-13(11(2)7-10)16-14(18)8-12(9-17)15(16,3)4/h5-7,12,17H,8-9H2,1-4H3. The zero-order chi connectivity index (χ0) is 13.5. The zero-order valence-electron chi connectivity index (χ0n) is 11.5. The molecule has 1 amide bonds. The van der Waals surface area contributed by atoms with Crippen LogP contribution in [0.4, 0.5) is 5.69 Å². The van der Waals surface area contributed by atoms with E-state index >= 15 is 0 Å². The van der Waals surface area contributed by atoms with Gasteiger partial charge in [-0.15, -0.1) is 0 Å². The quantitative estimate of drug-likeness (QED) is 0.872. The van der Waals surface area contributed by atoms with Crippen LogP contribution in [-0.2, 0) is 4.79 Å². The van der Waals surface area contributed by atoms with Crippen LogP contribution in [0.5, 0.6) is 0 Å². The second kappa shape index (κ2) is 4.39. The average molecular weight is 247 g/mol. The van der Waals surface area contributed by atoms with Crippen molar-refractivity contribution in [2.45, 2.75) is 39.7 Å². The van der Waals surface area contributed by atoms with E-state index in [4.69, 9.17) is 0 Å². The minimum atomic E-state index is -0.328. The van der Waals surface area contributed by atoms with Crippen LogP contribution in [0.1, 0.15) is 31.4 Å². The van der Waals surface area contributed by atoms with Gasteiger partial charge in [0.1, 0.15) is 0 Å². The molecule has 1 unspecified atom stereocenters. The van der Waals surface area contributed by atoms with Gasteiger partial charge in [-0.25, -0.2) is 0 Å². The molecule has 18 heavy (non-hydrogen) atoms. The summed E-state index contributed by atoms with van der Waals surface area (Å²) < 4.78 is 0. The van der Waals surface area contributed by atoms with Crippen molar-refractivity contribution < 1.29 is 9.90 Å². The number of aliphatic hydroxyl groups is 1. The van der Waals surface area contributed by atoms with E-state index < -0.39 is 0 Å². The summed E-state index contributed by atoms with van der Waals surface area (Å²) in [5.41, 5.74) is 2.94. The third-order valence-corrected chi connectivity index (χ3v) is 4.06. The minimum Gasteiger partial charge on any atom is -0.396 e. The van der Waals surface area contributed by atoms with Gasteiger partial charge in [0.05, 0.1) is 0 Å². The summed E-state index contributed by atoms with van der Waals surface area (Å²) in [4.78, 5) is 14.1. The molecule has 0 spiro atoms. The molecular formula is C15H21NO2. The van der Waals surface area contributed by atoms with Crippen molar-refractivity contribution in [3.8, 4) is 0 Å². The number of nitrogens with zero attached hydrogens (tertiary/aromatic N) is 1. The number of rotatable bonds is 2. The Balaban J connectivity index is 2.46. The van der Waals surface area contributed by atoms with E-state index in [0.29, 0.717) is 6.42 Å². The Kier molecular flexibility index (Phi) is 3.20. The van der Waals surface area contributed by atoms with Gasteiger partial charge < -0.3 is 10.0 Å². The van der Waals surface area contributed by atoms with Crippen LogP contribution in [0.25, 0.3) is 0 Å². The molecule has 1 heterocycles. The van der Waals surface area contributed by atoms with E-state index in [-0.39, 0.29) is 24.0 Å². The Morgan fingerprint density at radius 3 is 2.56 bits per heavy atom. The molecule has 1 aliphatic heterocycles. The molecule has 1 aliphatic rings. The van der Waals surface area contributed by atoms with Crippen molar-refractivity contribution in [3.63, 3.8) is 0 Å². The van der Waals surface area contributed by atoms with Gasteiger partial charge in [0, 0.05) is 30.2 Å². The van der Waals surface area contributed by atoms with Crippen molar-refractivity contribution in [2.24, 2.45) is 5.92 Å². The first-order chi connectivity index (χ1) is 8.37. The van der Waals surface area contributed by atoms with Gasteiger partial charge >= 0.3 is 0 Å². The zero-order valence-corrected chi connectivity index (χ0v) is 11.5. The second-order valence-corrected chi connectivity index (χ2v) is 5.76. The molecule has 98 valence electrons. The molecule has 0 saturated carbocycles. The molecule has 3 nitrogen and oxygen atoms in total. The van der Waals surface area contributed by atoms with Crippen LogP contribution in [0.3, 0.4) is 0 Å². The number of aryl methyl sites for hydroxylation is 2. The number of hydrogen-bond donors (Lipinski definition) is 1. The first-order valence-corrected chi connectivity index (χ1v) is 6.39. The Hall–Kier alpha value is -1.35. The van der Waals surface area contributed by atoms with Gasteiger partial charge in [-0.05, 0) is 39.3 Å². The number of anilines is 1. The maximum absolute atomic E-state index is 12.2. The molecular weight excluding hydrogens is 226 g/mol. The summed E-state index contributed by atoms with van der Waals surface area (Å²) in [6, 6.07) is 6.12. The molecule has 1 saturated heterocycles. The van der Waals surface area contributed by atoms with Crippen molar-refractivity contribution in [3.05, 3.63) is 29.3 Å². The molecule has 1 fully saturated rings. The number of carbonyl (C=O) groups is 1. The number of amides is 1. The lowest BCUT2D eigenvalue weighted by atomic mass is 9.88. The molecule has 1 aromatic carbocycles. The van der Waals surface area contributed by atoms with Crippen LogP contribution in [0.2, 0.25) is 0 Å². The lowest BCUT2D eigenvalue weighted by Gasteiger charge is -2.36. The highest BCUT2D eigenvalue weighted by Crippen LogP contribution is 2.40. The van der Waals surface area contributed by atoms with Crippen molar-refractivity contribution >= 4 is 11.6 Å². The molecule has 0 aromatic heterocycles. The highest BCUT2D eigenvalue weighted by atomic mass is 16.3. The van der Waals surface area contributed by atoms with Gasteiger partial charge in [0.2, 0.25) is 5.91 Å². The minimum absolute atomic E-state index is 0.00528. The second-order valence-electron chi connectivity index (χ2n) is 5.76. The maximum atomic E-state index is 12.2. The summed E-state index contributed by atoms with van der Waals surface area (Å²) in [5.74, 6) is 0.108. The molecule has 1 aromatic rings. The predicted molar refractivity (Wildman–Crippen MR) is 72.7 cm³/mol. The van der Waals surface area contributed by atoms with Gasteiger partial charge in [0.15, 0.2) is 0 Å². The number of hydrogen-bond acceptors (Lipinski definition) is 2. The van der Waals surface area contributed by atoms with E-state index in [9.17, 15) is 9.90 Å². The first-order valence-electron chi connectivity index (χ1n) is 6.39. The van der Waals surface area contributed by atoms with E-state index in [1.54, 1.807) is 0 Å². The van der Waals surface area contributed by atoms with Crippen molar-refractivity contribution in [1.29, 1.82) is 0 Å². The Morgan fingerprint density at radius 2 is 2.06 bits per heavy atom. The molecule has 0 bridgehead atoms. The van der Waals surface area contributed by atoms with E-state index in [2.05, 4.69) is 6.07 Å². The van der Waals surface area contributed by atoms with Gasteiger partial charge in [-0.2, -0.15) is 0 Å². The first kappa shape index (κ1) is 13.1.